The fraction of sp³-hybridized carbons (Fsp3) is 0.583. The van der Waals surface area contributed by atoms with Crippen molar-refractivity contribution in [2.45, 2.75) is 31.7 Å². The van der Waals surface area contributed by atoms with E-state index in [4.69, 9.17) is 34.0 Å². The lowest BCUT2D eigenvalue weighted by Gasteiger charge is -2.26. The first-order chi connectivity index (χ1) is 8.63. The van der Waals surface area contributed by atoms with Crippen LogP contribution in [0.2, 0.25) is 10.0 Å². The predicted octanol–water partition coefficient (Wildman–Crippen LogP) is 2.71. The van der Waals surface area contributed by atoms with Crippen LogP contribution in [0.4, 0.5) is 11.6 Å². The summed E-state index contributed by atoms with van der Waals surface area (Å²) in [4.78, 5) is 6.46. The number of aliphatic hydroxyl groups is 1. The molecule has 1 aromatic rings. The van der Waals surface area contributed by atoms with Crippen LogP contribution in [-0.4, -0.2) is 29.3 Å². The number of nitrogen functional groups attached to an aromatic ring is 1. The minimum Gasteiger partial charge on any atom is -0.396 e. The first-order valence-corrected chi connectivity index (χ1v) is 6.88. The normalized spacial score (nSPS) is 19.5. The Kier molecular flexibility index (Phi) is 4.54. The van der Waals surface area contributed by atoms with Gasteiger partial charge in [0.05, 0.1) is 10.0 Å². The highest BCUT2D eigenvalue weighted by atomic mass is 35.5. The minimum atomic E-state index is 0.217. The molecule has 1 aliphatic rings. The Bertz CT molecular complexity index is 428. The Labute approximate surface area is 117 Å². The van der Waals surface area contributed by atoms with Crippen molar-refractivity contribution in [2.24, 2.45) is 0 Å². The van der Waals surface area contributed by atoms with Crippen LogP contribution in [0.15, 0.2) is 6.07 Å². The standard InChI is InChI=1S/C12H17Cl2N3O/c13-9-7-10(14)12(16-11(9)15)17-5-1-3-8(17)4-2-6-18/h7-8,18H,1-6H2,(H2,15,16). The number of nitrogens with zero attached hydrogens (tertiary/aromatic N) is 2. The van der Waals surface area contributed by atoms with E-state index in [1.165, 1.54) is 0 Å². The van der Waals surface area contributed by atoms with E-state index in [9.17, 15) is 0 Å². The van der Waals surface area contributed by atoms with Crippen molar-refractivity contribution < 1.29 is 5.11 Å². The molecule has 1 saturated heterocycles. The van der Waals surface area contributed by atoms with Crippen molar-refractivity contribution in [2.75, 3.05) is 23.8 Å². The van der Waals surface area contributed by atoms with Crippen molar-refractivity contribution in [1.29, 1.82) is 0 Å². The molecule has 0 amide bonds. The fourth-order valence-electron chi connectivity index (χ4n) is 2.41. The Morgan fingerprint density at radius 2 is 2.22 bits per heavy atom. The summed E-state index contributed by atoms with van der Waals surface area (Å²) in [6, 6.07) is 2.02. The smallest absolute Gasteiger partial charge is 0.150 e. The zero-order valence-electron chi connectivity index (χ0n) is 10.1. The zero-order valence-corrected chi connectivity index (χ0v) is 11.6. The van der Waals surface area contributed by atoms with Crippen molar-refractivity contribution in [3.8, 4) is 0 Å². The van der Waals surface area contributed by atoms with Crippen molar-refractivity contribution in [3.63, 3.8) is 0 Å². The van der Waals surface area contributed by atoms with Crippen molar-refractivity contribution in [1.82, 2.24) is 4.98 Å². The summed E-state index contributed by atoms with van der Waals surface area (Å²) in [6.45, 7) is 1.14. The number of aliphatic hydroxyl groups excluding tert-OH is 1. The summed E-state index contributed by atoms with van der Waals surface area (Å²) in [7, 11) is 0. The van der Waals surface area contributed by atoms with E-state index in [2.05, 4.69) is 9.88 Å². The third kappa shape index (κ3) is 2.82. The summed E-state index contributed by atoms with van der Waals surface area (Å²) < 4.78 is 0. The molecule has 0 radical (unpaired) electrons. The van der Waals surface area contributed by atoms with E-state index in [-0.39, 0.29) is 6.61 Å². The van der Waals surface area contributed by atoms with Gasteiger partial charge in [-0.25, -0.2) is 4.98 Å². The number of aromatic nitrogens is 1. The van der Waals surface area contributed by atoms with Crippen LogP contribution in [-0.2, 0) is 0 Å². The summed E-state index contributed by atoms with van der Waals surface area (Å²) in [5.74, 6) is 1.02. The number of hydrogen-bond donors (Lipinski definition) is 2. The van der Waals surface area contributed by atoms with Gasteiger partial charge in [-0.05, 0) is 31.7 Å². The molecular formula is C12H17Cl2N3O. The molecule has 4 nitrogen and oxygen atoms in total. The molecule has 0 saturated carbocycles. The molecule has 0 spiro atoms. The third-order valence-corrected chi connectivity index (χ3v) is 3.86. The second-order valence-corrected chi connectivity index (χ2v) is 5.33. The highest BCUT2D eigenvalue weighted by Crippen LogP contribution is 2.35. The van der Waals surface area contributed by atoms with E-state index in [0.29, 0.717) is 27.7 Å². The molecule has 1 aliphatic heterocycles. The number of pyridine rings is 1. The Balaban J connectivity index is 2.21. The molecule has 2 heterocycles. The highest BCUT2D eigenvalue weighted by molar-refractivity contribution is 6.37. The van der Waals surface area contributed by atoms with Crippen LogP contribution in [0.25, 0.3) is 0 Å². The first-order valence-electron chi connectivity index (χ1n) is 6.12. The summed E-state index contributed by atoms with van der Waals surface area (Å²) in [6.07, 6.45) is 3.94. The van der Waals surface area contributed by atoms with E-state index >= 15 is 0 Å². The van der Waals surface area contributed by atoms with Crippen LogP contribution in [0.1, 0.15) is 25.7 Å². The molecule has 18 heavy (non-hydrogen) atoms. The van der Waals surface area contributed by atoms with Gasteiger partial charge in [0.25, 0.3) is 0 Å². The van der Waals surface area contributed by atoms with Gasteiger partial charge >= 0.3 is 0 Å². The lowest BCUT2D eigenvalue weighted by Crippen LogP contribution is -2.30. The van der Waals surface area contributed by atoms with E-state index in [1.54, 1.807) is 6.07 Å². The van der Waals surface area contributed by atoms with Gasteiger partial charge in [0.15, 0.2) is 0 Å². The van der Waals surface area contributed by atoms with Crippen LogP contribution in [0.5, 0.6) is 0 Å². The molecule has 1 unspecified atom stereocenters. The molecule has 1 fully saturated rings. The summed E-state index contributed by atoms with van der Waals surface area (Å²) in [5.41, 5.74) is 5.73. The molecule has 0 aromatic carbocycles. The average molecular weight is 290 g/mol. The maximum absolute atomic E-state index is 8.92. The summed E-state index contributed by atoms with van der Waals surface area (Å²) >= 11 is 12.1. The average Bonchev–Trinajstić information content (AvgIpc) is 2.79. The van der Waals surface area contributed by atoms with Crippen LogP contribution < -0.4 is 10.6 Å². The molecule has 100 valence electrons. The van der Waals surface area contributed by atoms with Gasteiger partial charge in [0.2, 0.25) is 0 Å². The second kappa shape index (κ2) is 5.95. The van der Waals surface area contributed by atoms with Gasteiger partial charge < -0.3 is 15.7 Å². The number of nitrogens with two attached hydrogens (primary N) is 1. The van der Waals surface area contributed by atoms with Gasteiger partial charge in [0, 0.05) is 19.2 Å². The summed E-state index contributed by atoms with van der Waals surface area (Å²) in [5, 5.41) is 9.84. The van der Waals surface area contributed by atoms with Crippen LogP contribution >= 0.6 is 23.2 Å². The Hall–Kier alpha value is -0.710. The van der Waals surface area contributed by atoms with E-state index in [0.717, 1.165) is 32.2 Å². The minimum absolute atomic E-state index is 0.217. The Morgan fingerprint density at radius 3 is 2.94 bits per heavy atom. The van der Waals surface area contributed by atoms with E-state index < -0.39 is 0 Å². The van der Waals surface area contributed by atoms with Gasteiger partial charge in [-0.2, -0.15) is 0 Å². The molecule has 0 aliphatic carbocycles. The zero-order chi connectivity index (χ0) is 13.1. The first kappa shape index (κ1) is 13.7. The largest absolute Gasteiger partial charge is 0.396 e. The monoisotopic (exact) mass is 289 g/mol. The van der Waals surface area contributed by atoms with Gasteiger partial charge in [-0.15, -0.1) is 0 Å². The molecule has 1 aromatic heterocycles. The molecule has 2 rings (SSSR count). The molecular weight excluding hydrogens is 273 g/mol. The predicted molar refractivity (Wildman–Crippen MR) is 75.4 cm³/mol. The molecule has 1 atom stereocenters. The number of hydrogen-bond acceptors (Lipinski definition) is 4. The van der Waals surface area contributed by atoms with Crippen LogP contribution in [0, 0.1) is 0 Å². The number of rotatable bonds is 4. The maximum atomic E-state index is 8.92. The third-order valence-electron chi connectivity index (χ3n) is 3.28. The van der Waals surface area contributed by atoms with Crippen molar-refractivity contribution >= 4 is 34.8 Å². The number of anilines is 2. The van der Waals surface area contributed by atoms with Crippen LogP contribution in [0.3, 0.4) is 0 Å². The quantitative estimate of drug-likeness (QED) is 0.895. The molecule has 0 bridgehead atoms. The van der Waals surface area contributed by atoms with E-state index in [1.807, 2.05) is 0 Å². The Morgan fingerprint density at radius 1 is 1.44 bits per heavy atom. The molecule has 6 heteroatoms. The molecule has 3 N–H and O–H groups in total. The maximum Gasteiger partial charge on any atom is 0.150 e. The number of halogens is 2. The fourth-order valence-corrected chi connectivity index (χ4v) is 2.88. The lowest BCUT2D eigenvalue weighted by atomic mass is 10.1. The van der Waals surface area contributed by atoms with Gasteiger partial charge in [0.1, 0.15) is 11.6 Å². The van der Waals surface area contributed by atoms with Gasteiger partial charge in [-0.3, -0.25) is 0 Å². The highest BCUT2D eigenvalue weighted by Gasteiger charge is 2.27. The lowest BCUT2D eigenvalue weighted by molar-refractivity contribution is 0.279. The second-order valence-electron chi connectivity index (χ2n) is 4.52. The van der Waals surface area contributed by atoms with Gasteiger partial charge in [-0.1, -0.05) is 23.2 Å². The van der Waals surface area contributed by atoms with Crippen molar-refractivity contribution in [3.05, 3.63) is 16.1 Å². The SMILES string of the molecule is Nc1nc(N2CCCC2CCCO)c(Cl)cc1Cl. The topological polar surface area (TPSA) is 62.4 Å².